The molecule has 1 amide bonds. The molecule has 0 unspecified atom stereocenters. The number of likely N-dealkylation sites (N-methyl/N-ethyl adjacent to an activating group) is 1. The van der Waals surface area contributed by atoms with Crippen LogP contribution in [0.4, 0.5) is 0 Å². The number of nitrogens with zero attached hydrogens (tertiary/aromatic N) is 1. The van der Waals surface area contributed by atoms with Crippen LogP contribution in [0.3, 0.4) is 0 Å². The van der Waals surface area contributed by atoms with Crippen molar-refractivity contribution >= 4 is 5.91 Å². The van der Waals surface area contributed by atoms with Crippen molar-refractivity contribution in [2.45, 2.75) is 52.1 Å². The van der Waals surface area contributed by atoms with Gasteiger partial charge in [0.1, 0.15) is 0 Å². The smallest absolute Gasteiger partial charge is 0.240 e. The van der Waals surface area contributed by atoms with Gasteiger partial charge in [0.25, 0.3) is 0 Å². The Morgan fingerprint density at radius 3 is 2.21 bits per heavy atom. The Morgan fingerprint density at radius 2 is 1.93 bits per heavy atom. The molecular formula is C11H22N2O. The summed E-state index contributed by atoms with van der Waals surface area (Å²) in [5.41, 5.74) is 5.78. The first-order chi connectivity index (χ1) is 6.34. The fourth-order valence-electron chi connectivity index (χ4n) is 1.54. The van der Waals surface area contributed by atoms with Gasteiger partial charge in [-0.1, -0.05) is 20.8 Å². The second-order valence-corrected chi connectivity index (χ2v) is 5.38. The molecule has 3 heteroatoms. The van der Waals surface area contributed by atoms with Crippen molar-refractivity contribution in [1.82, 2.24) is 4.90 Å². The molecule has 1 aliphatic carbocycles. The largest absolute Gasteiger partial charge is 0.341 e. The fourth-order valence-corrected chi connectivity index (χ4v) is 1.54. The molecule has 0 aromatic carbocycles. The van der Waals surface area contributed by atoms with Gasteiger partial charge in [-0.05, 0) is 24.7 Å². The maximum atomic E-state index is 11.9. The van der Waals surface area contributed by atoms with E-state index in [9.17, 15) is 4.79 Å². The summed E-state index contributed by atoms with van der Waals surface area (Å²) in [6.07, 6.45) is 3.52. The number of carbonyl (C=O) groups is 1. The van der Waals surface area contributed by atoms with E-state index in [1.807, 2.05) is 32.7 Å². The zero-order valence-electron chi connectivity index (χ0n) is 9.71. The summed E-state index contributed by atoms with van der Waals surface area (Å²) < 4.78 is 0. The van der Waals surface area contributed by atoms with Crippen LogP contribution in [-0.2, 0) is 4.79 Å². The molecule has 0 saturated heterocycles. The van der Waals surface area contributed by atoms with Crippen molar-refractivity contribution in [3.63, 3.8) is 0 Å². The van der Waals surface area contributed by atoms with Crippen LogP contribution in [0.15, 0.2) is 0 Å². The van der Waals surface area contributed by atoms with E-state index >= 15 is 0 Å². The van der Waals surface area contributed by atoms with Crippen LogP contribution in [0.25, 0.3) is 0 Å². The van der Waals surface area contributed by atoms with Gasteiger partial charge >= 0.3 is 0 Å². The summed E-state index contributed by atoms with van der Waals surface area (Å²) in [6.45, 7) is 6.01. The molecule has 1 fully saturated rings. The molecule has 1 aliphatic rings. The van der Waals surface area contributed by atoms with Crippen molar-refractivity contribution in [2.24, 2.45) is 11.1 Å². The summed E-state index contributed by atoms with van der Waals surface area (Å²) in [7, 11) is 1.87. The van der Waals surface area contributed by atoms with Gasteiger partial charge in [0.2, 0.25) is 5.91 Å². The molecule has 0 aromatic heterocycles. The van der Waals surface area contributed by atoms with Crippen LogP contribution in [-0.4, -0.2) is 29.9 Å². The number of carbonyl (C=O) groups excluding carboxylic acids is 1. The fraction of sp³-hybridized carbons (Fsp3) is 0.909. The first-order valence-electron chi connectivity index (χ1n) is 5.36. The van der Waals surface area contributed by atoms with Gasteiger partial charge in [0.15, 0.2) is 0 Å². The minimum Gasteiger partial charge on any atom is -0.341 e. The number of rotatable bonds is 2. The minimum absolute atomic E-state index is 0.0854. The molecule has 1 rings (SSSR count). The lowest BCUT2D eigenvalue weighted by Crippen LogP contribution is -2.53. The van der Waals surface area contributed by atoms with Gasteiger partial charge in [-0.25, -0.2) is 0 Å². The van der Waals surface area contributed by atoms with Crippen molar-refractivity contribution in [3.8, 4) is 0 Å². The molecule has 0 aromatic rings. The molecule has 1 saturated carbocycles. The van der Waals surface area contributed by atoms with E-state index in [-0.39, 0.29) is 17.4 Å². The zero-order chi connectivity index (χ0) is 10.9. The SMILES string of the molecule is CN(C(=O)[C@@H](N)C(C)(C)C)C1CCC1. The predicted molar refractivity (Wildman–Crippen MR) is 57.8 cm³/mol. The van der Waals surface area contributed by atoms with E-state index in [0.29, 0.717) is 6.04 Å². The third-order valence-electron chi connectivity index (χ3n) is 3.17. The number of hydrogen-bond donors (Lipinski definition) is 1. The normalized spacial score (nSPS) is 20.1. The monoisotopic (exact) mass is 198 g/mol. The van der Waals surface area contributed by atoms with Crippen molar-refractivity contribution in [3.05, 3.63) is 0 Å². The first kappa shape index (κ1) is 11.5. The van der Waals surface area contributed by atoms with Crippen LogP contribution < -0.4 is 5.73 Å². The molecule has 0 bridgehead atoms. The Labute approximate surface area is 86.6 Å². The summed E-state index contributed by atoms with van der Waals surface area (Å²) in [5.74, 6) is 0.0854. The van der Waals surface area contributed by atoms with Gasteiger partial charge in [-0.2, -0.15) is 0 Å². The van der Waals surface area contributed by atoms with Gasteiger partial charge in [0.05, 0.1) is 6.04 Å². The molecule has 14 heavy (non-hydrogen) atoms. The van der Waals surface area contributed by atoms with Crippen molar-refractivity contribution in [1.29, 1.82) is 0 Å². The Kier molecular flexibility index (Phi) is 3.20. The Morgan fingerprint density at radius 1 is 1.43 bits per heavy atom. The van der Waals surface area contributed by atoms with Gasteiger partial charge in [-0.15, -0.1) is 0 Å². The van der Waals surface area contributed by atoms with Crippen LogP contribution in [0.1, 0.15) is 40.0 Å². The van der Waals surface area contributed by atoms with Crippen LogP contribution in [0.2, 0.25) is 0 Å². The van der Waals surface area contributed by atoms with E-state index < -0.39 is 0 Å². The Bertz CT molecular complexity index is 216. The van der Waals surface area contributed by atoms with E-state index in [4.69, 9.17) is 5.73 Å². The van der Waals surface area contributed by atoms with Crippen LogP contribution in [0.5, 0.6) is 0 Å². The average molecular weight is 198 g/mol. The molecular weight excluding hydrogens is 176 g/mol. The maximum absolute atomic E-state index is 11.9. The lowest BCUT2D eigenvalue weighted by molar-refractivity contribution is -0.137. The van der Waals surface area contributed by atoms with Gasteiger partial charge in [0, 0.05) is 13.1 Å². The molecule has 2 N–H and O–H groups in total. The lowest BCUT2D eigenvalue weighted by atomic mass is 9.85. The Hall–Kier alpha value is -0.570. The highest BCUT2D eigenvalue weighted by Gasteiger charge is 2.33. The van der Waals surface area contributed by atoms with Crippen LogP contribution >= 0.6 is 0 Å². The molecule has 1 atom stereocenters. The Balaban J connectivity index is 2.55. The summed E-state index contributed by atoms with van der Waals surface area (Å²) in [6, 6.07) is 0.0593. The highest BCUT2D eigenvalue weighted by atomic mass is 16.2. The zero-order valence-corrected chi connectivity index (χ0v) is 9.71. The second kappa shape index (κ2) is 3.89. The molecule has 0 heterocycles. The lowest BCUT2D eigenvalue weighted by Gasteiger charge is -2.38. The highest BCUT2D eigenvalue weighted by molar-refractivity contribution is 5.82. The van der Waals surface area contributed by atoms with Gasteiger partial charge < -0.3 is 10.6 Å². The molecule has 0 spiro atoms. The van der Waals surface area contributed by atoms with Crippen LogP contribution in [0, 0.1) is 5.41 Å². The van der Waals surface area contributed by atoms with E-state index in [1.54, 1.807) is 0 Å². The van der Waals surface area contributed by atoms with Gasteiger partial charge in [-0.3, -0.25) is 4.79 Å². The number of nitrogens with two attached hydrogens (primary N) is 1. The topological polar surface area (TPSA) is 46.3 Å². The van der Waals surface area contributed by atoms with E-state index in [1.165, 1.54) is 6.42 Å². The maximum Gasteiger partial charge on any atom is 0.240 e. The number of hydrogen-bond acceptors (Lipinski definition) is 2. The summed E-state index contributed by atoms with van der Waals surface area (Å²) in [5, 5.41) is 0. The summed E-state index contributed by atoms with van der Waals surface area (Å²) in [4.78, 5) is 13.8. The standard InChI is InChI=1S/C11H22N2O/c1-11(2,3)9(12)10(14)13(4)8-6-5-7-8/h8-9H,5-7,12H2,1-4H3/t9-/m1/s1. The highest BCUT2D eigenvalue weighted by Crippen LogP contribution is 2.26. The minimum atomic E-state index is -0.381. The quantitative estimate of drug-likeness (QED) is 0.728. The van der Waals surface area contributed by atoms with Crippen molar-refractivity contribution in [2.75, 3.05) is 7.05 Å². The van der Waals surface area contributed by atoms with E-state index in [2.05, 4.69) is 0 Å². The molecule has 82 valence electrons. The average Bonchev–Trinajstić information content (AvgIpc) is 1.96. The summed E-state index contributed by atoms with van der Waals surface area (Å²) >= 11 is 0. The number of amides is 1. The molecule has 0 aliphatic heterocycles. The third kappa shape index (κ3) is 2.27. The molecule has 0 radical (unpaired) electrons. The van der Waals surface area contributed by atoms with E-state index in [0.717, 1.165) is 12.8 Å². The second-order valence-electron chi connectivity index (χ2n) is 5.38. The van der Waals surface area contributed by atoms with Crippen molar-refractivity contribution < 1.29 is 4.79 Å². The molecule has 3 nitrogen and oxygen atoms in total. The third-order valence-corrected chi connectivity index (χ3v) is 3.17. The predicted octanol–water partition coefficient (Wildman–Crippen LogP) is 1.37. The first-order valence-corrected chi connectivity index (χ1v) is 5.36.